The van der Waals surface area contributed by atoms with E-state index in [2.05, 4.69) is 6.92 Å². The van der Waals surface area contributed by atoms with Gasteiger partial charge in [-0.3, -0.25) is 4.57 Å². The SMILES string of the molecule is CC1CCP(=O)(OCC(O)c2ccccc2)C1. The van der Waals surface area contributed by atoms with Crippen molar-refractivity contribution in [3.05, 3.63) is 35.9 Å². The number of hydrogen-bond donors (Lipinski definition) is 1. The van der Waals surface area contributed by atoms with Gasteiger partial charge in [-0.05, 0) is 17.9 Å². The van der Waals surface area contributed by atoms with Crippen LogP contribution >= 0.6 is 7.37 Å². The van der Waals surface area contributed by atoms with Crippen molar-refractivity contribution < 1.29 is 14.2 Å². The summed E-state index contributed by atoms with van der Waals surface area (Å²) in [5.74, 6) is 0.481. The molecule has 3 atom stereocenters. The Morgan fingerprint density at radius 3 is 2.76 bits per heavy atom. The van der Waals surface area contributed by atoms with Gasteiger partial charge < -0.3 is 9.63 Å². The first-order chi connectivity index (χ1) is 8.09. The van der Waals surface area contributed by atoms with Gasteiger partial charge in [-0.25, -0.2) is 0 Å². The predicted octanol–water partition coefficient (Wildman–Crippen LogP) is 3.05. The number of benzene rings is 1. The minimum absolute atomic E-state index is 0.133. The lowest BCUT2D eigenvalue weighted by Crippen LogP contribution is -2.07. The molecule has 0 spiro atoms. The summed E-state index contributed by atoms with van der Waals surface area (Å²) in [6.07, 6.45) is 1.61. The second kappa shape index (κ2) is 5.34. The zero-order chi connectivity index (χ0) is 12.3. The normalized spacial score (nSPS) is 30.4. The molecular weight excluding hydrogens is 235 g/mol. The Labute approximate surface area is 102 Å². The van der Waals surface area contributed by atoms with E-state index in [1.807, 2.05) is 30.3 Å². The number of hydrogen-bond acceptors (Lipinski definition) is 3. The molecule has 0 amide bonds. The number of rotatable bonds is 4. The van der Waals surface area contributed by atoms with Gasteiger partial charge in [0.2, 0.25) is 7.37 Å². The minimum atomic E-state index is -2.46. The standard InChI is InChI=1S/C13H19O3P/c1-11-7-8-17(15,10-11)16-9-13(14)12-5-3-2-4-6-12/h2-6,11,13-14H,7-10H2,1H3. The predicted molar refractivity (Wildman–Crippen MR) is 68.5 cm³/mol. The number of aliphatic hydroxyl groups is 1. The van der Waals surface area contributed by atoms with Gasteiger partial charge in [0.25, 0.3) is 0 Å². The van der Waals surface area contributed by atoms with Gasteiger partial charge in [-0.2, -0.15) is 0 Å². The smallest absolute Gasteiger partial charge is 0.203 e. The second-order valence-electron chi connectivity index (χ2n) is 4.84. The van der Waals surface area contributed by atoms with Crippen molar-refractivity contribution >= 4 is 7.37 Å². The Morgan fingerprint density at radius 2 is 2.18 bits per heavy atom. The van der Waals surface area contributed by atoms with E-state index in [0.717, 1.165) is 12.0 Å². The molecule has 17 heavy (non-hydrogen) atoms. The largest absolute Gasteiger partial charge is 0.386 e. The summed E-state index contributed by atoms with van der Waals surface area (Å²) < 4.78 is 17.7. The van der Waals surface area contributed by atoms with Gasteiger partial charge in [0, 0.05) is 12.3 Å². The van der Waals surface area contributed by atoms with E-state index in [9.17, 15) is 9.67 Å². The Balaban J connectivity index is 1.89. The van der Waals surface area contributed by atoms with Crippen LogP contribution in [0.4, 0.5) is 0 Å². The lowest BCUT2D eigenvalue weighted by molar-refractivity contribution is 0.110. The first-order valence-corrected chi connectivity index (χ1v) is 8.04. The summed E-state index contributed by atoms with van der Waals surface area (Å²) >= 11 is 0. The highest BCUT2D eigenvalue weighted by Crippen LogP contribution is 2.55. The van der Waals surface area contributed by atoms with Crippen molar-refractivity contribution in [3.63, 3.8) is 0 Å². The molecule has 0 radical (unpaired) electrons. The Morgan fingerprint density at radius 1 is 1.47 bits per heavy atom. The molecule has 1 aromatic rings. The van der Waals surface area contributed by atoms with Crippen LogP contribution in [-0.2, 0) is 9.09 Å². The monoisotopic (exact) mass is 254 g/mol. The molecular formula is C13H19O3P. The Kier molecular flexibility index (Phi) is 4.03. The average Bonchev–Trinajstić information content (AvgIpc) is 2.68. The molecule has 1 aliphatic heterocycles. The van der Waals surface area contributed by atoms with Crippen LogP contribution in [0.2, 0.25) is 0 Å². The Bertz CT molecular complexity index is 404. The molecule has 94 valence electrons. The summed E-state index contributed by atoms with van der Waals surface area (Å²) in [6.45, 7) is 2.23. The molecule has 0 aromatic heterocycles. The Hall–Kier alpha value is -0.630. The zero-order valence-electron chi connectivity index (χ0n) is 10.1. The van der Waals surface area contributed by atoms with E-state index in [-0.39, 0.29) is 6.61 Å². The van der Waals surface area contributed by atoms with Gasteiger partial charge in [-0.1, -0.05) is 37.3 Å². The van der Waals surface area contributed by atoms with Gasteiger partial charge in [0.1, 0.15) is 6.10 Å². The molecule has 3 unspecified atom stereocenters. The van der Waals surface area contributed by atoms with Gasteiger partial charge in [-0.15, -0.1) is 0 Å². The zero-order valence-corrected chi connectivity index (χ0v) is 11.0. The molecule has 0 aliphatic carbocycles. The number of aliphatic hydroxyl groups excluding tert-OH is 1. The maximum Gasteiger partial charge on any atom is 0.203 e. The van der Waals surface area contributed by atoms with E-state index >= 15 is 0 Å². The van der Waals surface area contributed by atoms with Crippen LogP contribution in [0, 0.1) is 5.92 Å². The molecule has 1 aromatic carbocycles. The highest BCUT2D eigenvalue weighted by molar-refractivity contribution is 7.59. The molecule has 0 saturated carbocycles. The quantitative estimate of drug-likeness (QED) is 0.840. The second-order valence-corrected chi connectivity index (χ2v) is 7.54. The molecule has 0 bridgehead atoms. The molecule has 3 nitrogen and oxygen atoms in total. The van der Waals surface area contributed by atoms with Crippen LogP contribution in [0.1, 0.15) is 25.0 Å². The van der Waals surface area contributed by atoms with E-state index in [0.29, 0.717) is 18.2 Å². The van der Waals surface area contributed by atoms with Crippen molar-refractivity contribution in [1.82, 2.24) is 0 Å². The molecule has 4 heteroatoms. The molecule has 1 fully saturated rings. The molecule has 1 aliphatic rings. The van der Waals surface area contributed by atoms with Crippen LogP contribution in [0.3, 0.4) is 0 Å². The average molecular weight is 254 g/mol. The van der Waals surface area contributed by atoms with Crippen molar-refractivity contribution in [2.24, 2.45) is 5.92 Å². The fourth-order valence-corrected chi connectivity index (χ4v) is 4.97. The summed E-state index contributed by atoms with van der Waals surface area (Å²) in [5.41, 5.74) is 0.811. The van der Waals surface area contributed by atoms with E-state index in [1.54, 1.807) is 0 Å². The summed E-state index contributed by atoms with van der Waals surface area (Å²) in [4.78, 5) is 0. The lowest BCUT2D eigenvalue weighted by atomic mass is 10.1. The first kappa shape index (κ1) is 12.8. The highest BCUT2D eigenvalue weighted by Gasteiger charge is 2.33. The fraction of sp³-hybridized carbons (Fsp3) is 0.538. The van der Waals surface area contributed by atoms with E-state index < -0.39 is 13.5 Å². The third kappa shape index (κ3) is 3.41. The van der Waals surface area contributed by atoms with Gasteiger partial charge in [0.05, 0.1) is 6.61 Å². The summed E-state index contributed by atoms with van der Waals surface area (Å²) in [6, 6.07) is 9.34. The van der Waals surface area contributed by atoms with E-state index in [1.165, 1.54) is 0 Å². The van der Waals surface area contributed by atoms with Crippen molar-refractivity contribution in [2.45, 2.75) is 19.4 Å². The van der Waals surface area contributed by atoms with Crippen LogP contribution in [0.15, 0.2) is 30.3 Å². The minimum Gasteiger partial charge on any atom is -0.386 e. The maximum atomic E-state index is 12.2. The summed E-state index contributed by atoms with van der Waals surface area (Å²) in [7, 11) is -2.46. The van der Waals surface area contributed by atoms with Gasteiger partial charge >= 0.3 is 0 Å². The first-order valence-electron chi connectivity index (χ1n) is 6.05. The highest BCUT2D eigenvalue weighted by atomic mass is 31.2. The van der Waals surface area contributed by atoms with Gasteiger partial charge in [0.15, 0.2) is 0 Å². The van der Waals surface area contributed by atoms with Crippen LogP contribution in [0.5, 0.6) is 0 Å². The molecule has 1 N–H and O–H groups in total. The topological polar surface area (TPSA) is 46.5 Å². The fourth-order valence-electron chi connectivity index (χ4n) is 2.17. The third-order valence-corrected chi connectivity index (χ3v) is 5.94. The van der Waals surface area contributed by atoms with Crippen LogP contribution < -0.4 is 0 Å². The van der Waals surface area contributed by atoms with E-state index in [4.69, 9.17) is 4.52 Å². The lowest BCUT2D eigenvalue weighted by Gasteiger charge is -2.16. The summed E-state index contributed by atoms with van der Waals surface area (Å²) in [5, 5.41) is 9.92. The molecule has 2 rings (SSSR count). The van der Waals surface area contributed by atoms with Crippen LogP contribution in [-0.4, -0.2) is 24.0 Å². The third-order valence-electron chi connectivity index (χ3n) is 3.20. The van der Waals surface area contributed by atoms with Crippen molar-refractivity contribution in [2.75, 3.05) is 18.9 Å². The maximum absolute atomic E-state index is 12.2. The molecule has 1 heterocycles. The van der Waals surface area contributed by atoms with Crippen molar-refractivity contribution in [1.29, 1.82) is 0 Å². The van der Waals surface area contributed by atoms with Crippen LogP contribution in [0.25, 0.3) is 0 Å². The van der Waals surface area contributed by atoms with Crippen molar-refractivity contribution in [3.8, 4) is 0 Å². The molecule has 1 saturated heterocycles.